The van der Waals surface area contributed by atoms with E-state index in [2.05, 4.69) is 18.5 Å². The van der Waals surface area contributed by atoms with Crippen molar-refractivity contribution >= 4 is 6.21 Å². The van der Waals surface area contributed by atoms with E-state index in [1.54, 1.807) is 0 Å². The third-order valence-electron chi connectivity index (χ3n) is 6.75. The summed E-state index contributed by atoms with van der Waals surface area (Å²) in [6, 6.07) is 0. The van der Waals surface area contributed by atoms with Crippen LogP contribution in [0.25, 0.3) is 0 Å². The Morgan fingerprint density at radius 3 is 1.82 bits per heavy atom. The molecule has 0 amide bonds. The highest BCUT2D eigenvalue weighted by molar-refractivity contribution is 5.60. The minimum absolute atomic E-state index is 0.284. The van der Waals surface area contributed by atoms with Gasteiger partial charge in [-0.15, -0.1) is 6.58 Å². The molecule has 0 aromatic heterocycles. The molecule has 1 N–H and O–H groups in total. The van der Waals surface area contributed by atoms with Gasteiger partial charge >= 0.3 is 0 Å². The molecule has 3 unspecified atom stereocenters. The van der Waals surface area contributed by atoms with E-state index in [1.165, 1.54) is 96.3 Å². The number of hydrogen-bond acceptors (Lipinski definition) is 2. The summed E-state index contributed by atoms with van der Waals surface area (Å²) in [7, 11) is 0. The Bertz CT molecular complexity index is 407. The van der Waals surface area contributed by atoms with Crippen LogP contribution in [0.3, 0.4) is 0 Å². The van der Waals surface area contributed by atoms with E-state index in [0.717, 1.165) is 24.0 Å². The molecule has 0 fully saturated rings. The van der Waals surface area contributed by atoms with Gasteiger partial charge in [-0.3, -0.25) is 4.48 Å². The van der Waals surface area contributed by atoms with Crippen LogP contribution in [0.2, 0.25) is 0 Å². The summed E-state index contributed by atoms with van der Waals surface area (Å²) < 4.78 is 0.745. The van der Waals surface area contributed by atoms with Gasteiger partial charge in [-0.1, -0.05) is 83.1 Å². The van der Waals surface area contributed by atoms with Crippen molar-refractivity contribution in [3.63, 3.8) is 0 Å². The fraction of sp³-hybridized carbons (Fsp3) is 0.880. The molecule has 3 atom stereocenters. The largest absolute Gasteiger partial charge is 0.345 e. The van der Waals surface area contributed by atoms with Gasteiger partial charge in [0.15, 0.2) is 12.4 Å². The molecule has 0 saturated carbocycles. The Labute approximate surface area is 175 Å². The van der Waals surface area contributed by atoms with Gasteiger partial charge < -0.3 is 5.11 Å². The number of aliphatic hydroxyl groups excluding tert-OH is 1. The monoisotopic (exact) mass is 393 g/mol. The highest BCUT2D eigenvalue weighted by atomic mass is 16.3. The first kappa shape index (κ1) is 25.4. The Kier molecular flexibility index (Phi) is 14.6. The molecule has 0 aromatic rings. The predicted molar refractivity (Wildman–Crippen MR) is 124 cm³/mol. The maximum Gasteiger partial charge on any atom is 0.189 e. The standard InChI is InChI=1S/C25H49N2O/c1-4-6-7-8-9-10-11-12-13-14-15-16-17-18-19-20-21-25-26-22-23-27(25,5-2)24(3)28/h4,22,24-25,28H,1,5-21,23H2,2-3H3/q+1. The summed E-state index contributed by atoms with van der Waals surface area (Å²) >= 11 is 0. The van der Waals surface area contributed by atoms with Gasteiger partial charge in [0.2, 0.25) is 0 Å². The molecule has 3 nitrogen and oxygen atoms in total. The molecular weight excluding hydrogens is 344 g/mol. The van der Waals surface area contributed by atoms with Gasteiger partial charge in [-0.05, 0) is 26.2 Å². The SMILES string of the molecule is C=CCCCCCCCCCCCCCCCCC1N=CC[N+]1(CC)C(C)O. The van der Waals surface area contributed by atoms with Gasteiger partial charge in [0.1, 0.15) is 6.54 Å². The molecule has 164 valence electrons. The molecular formula is C25H49N2O+. The lowest BCUT2D eigenvalue weighted by atomic mass is 10.0. The average molecular weight is 394 g/mol. The molecule has 0 spiro atoms. The van der Waals surface area contributed by atoms with Gasteiger partial charge in [0.25, 0.3) is 0 Å². The van der Waals surface area contributed by atoms with Crippen LogP contribution in [0.15, 0.2) is 17.6 Å². The lowest BCUT2D eigenvalue weighted by Gasteiger charge is -2.40. The van der Waals surface area contributed by atoms with Crippen molar-refractivity contribution < 1.29 is 9.59 Å². The Balaban J connectivity index is 1.87. The Morgan fingerprint density at radius 2 is 1.39 bits per heavy atom. The number of nitrogens with zero attached hydrogens (tertiary/aromatic N) is 2. The number of aliphatic hydroxyl groups is 1. The second kappa shape index (κ2) is 16.2. The summed E-state index contributed by atoms with van der Waals surface area (Å²) in [5.41, 5.74) is 0. The lowest BCUT2D eigenvalue weighted by Crippen LogP contribution is -2.57. The van der Waals surface area contributed by atoms with E-state index in [9.17, 15) is 5.11 Å². The van der Waals surface area contributed by atoms with Crippen molar-refractivity contribution in [2.45, 2.75) is 129 Å². The maximum absolute atomic E-state index is 10.2. The molecule has 1 aliphatic heterocycles. The van der Waals surface area contributed by atoms with Crippen LogP contribution in [-0.2, 0) is 0 Å². The second-order valence-electron chi connectivity index (χ2n) is 8.86. The fourth-order valence-electron chi connectivity index (χ4n) is 4.65. The minimum atomic E-state index is -0.310. The molecule has 1 rings (SSSR count). The van der Waals surface area contributed by atoms with Crippen molar-refractivity contribution in [2.75, 3.05) is 13.1 Å². The molecule has 1 aliphatic rings. The second-order valence-corrected chi connectivity index (χ2v) is 8.86. The Hall–Kier alpha value is -0.670. The molecule has 0 radical (unpaired) electrons. The number of quaternary nitrogens is 1. The first-order valence-electron chi connectivity index (χ1n) is 12.3. The third-order valence-corrected chi connectivity index (χ3v) is 6.75. The lowest BCUT2D eigenvalue weighted by molar-refractivity contribution is -0.976. The third kappa shape index (κ3) is 9.69. The van der Waals surface area contributed by atoms with E-state index in [-0.39, 0.29) is 12.4 Å². The zero-order chi connectivity index (χ0) is 20.5. The minimum Gasteiger partial charge on any atom is -0.345 e. The van der Waals surface area contributed by atoms with Crippen LogP contribution < -0.4 is 0 Å². The molecule has 28 heavy (non-hydrogen) atoms. The van der Waals surface area contributed by atoms with Crippen LogP contribution in [0, 0.1) is 0 Å². The highest BCUT2D eigenvalue weighted by Crippen LogP contribution is 2.26. The Morgan fingerprint density at radius 1 is 0.929 bits per heavy atom. The van der Waals surface area contributed by atoms with Crippen molar-refractivity contribution in [1.29, 1.82) is 0 Å². The quantitative estimate of drug-likeness (QED) is 0.143. The number of allylic oxidation sites excluding steroid dienone is 1. The van der Waals surface area contributed by atoms with Gasteiger partial charge in [-0.25, -0.2) is 4.99 Å². The van der Waals surface area contributed by atoms with Gasteiger partial charge in [0, 0.05) is 13.3 Å². The van der Waals surface area contributed by atoms with Crippen LogP contribution in [0.1, 0.15) is 117 Å². The summed E-state index contributed by atoms with van der Waals surface area (Å²) in [6.45, 7) is 9.75. The average Bonchev–Trinajstić information content (AvgIpc) is 3.12. The molecule has 1 heterocycles. The van der Waals surface area contributed by atoms with Gasteiger partial charge in [-0.2, -0.15) is 0 Å². The first-order chi connectivity index (χ1) is 13.7. The topological polar surface area (TPSA) is 32.6 Å². The molecule has 0 aliphatic carbocycles. The fourth-order valence-corrected chi connectivity index (χ4v) is 4.65. The zero-order valence-corrected chi connectivity index (χ0v) is 19.1. The number of rotatable bonds is 19. The summed E-state index contributed by atoms with van der Waals surface area (Å²) in [5.74, 6) is 0. The van der Waals surface area contributed by atoms with Crippen LogP contribution in [0.5, 0.6) is 0 Å². The first-order valence-corrected chi connectivity index (χ1v) is 12.3. The van der Waals surface area contributed by atoms with E-state index in [4.69, 9.17) is 0 Å². The summed E-state index contributed by atoms with van der Waals surface area (Å²) in [5, 5.41) is 10.2. The molecule has 0 bridgehead atoms. The maximum atomic E-state index is 10.2. The van der Waals surface area contributed by atoms with E-state index in [1.807, 2.05) is 19.2 Å². The van der Waals surface area contributed by atoms with Crippen molar-refractivity contribution in [3.05, 3.63) is 12.7 Å². The highest BCUT2D eigenvalue weighted by Gasteiger charge is 2.41. The van der Waals surface area contributed by atoms with Crippen LogP contribution in [-0.4, -0.2) is 41.3 Å². The van der Waals surface area contributed by atoms with E-state index >= 15 is 0 Å². The summed E-state index contributed by atoms with van der Waals surface area (Å²) in [4.78, 5) is 4.67. The van der Waals surface area contributed by atoms with Crippen LogP contribution in [0.4, 0.5) is 0 Å². The predicted octanol–water partition coefficient (Wildman–Crippen LogP) is 7.00. The smallest absolute Gasteiger partial charge is 0.189 e. The molecule has 0 aromatic carbocycles. The number of aliphatic imine (C=N–C) groups is 1. The van der Waals surface area contributed by atoms with Crippen molar-refractivity contribution in [2.24, 2.45) is 4.99 Å². The normalized spacial score (nSPS) is 22.6. The van der Waals surface area contributed by atoms with Crippen molar-refractivity contribution in [3.8, 4) is 0 Å². The zero-order valence-electron chi connectivity index (χ0n) is 19.1. The molecule has 3 heteroatoms. The van der Waals surface area contributed by atoms with E-state index < -0.39 is 0 Å². The van der Waals surface area contributed by atoms with Gasteiger partial charge in [0.05, 0.1) is 12.8 Å². The number of unbranched alkanes of at least 4 members (excludes halogenated alkanes) is 14. The molecule has 0 saturated heterocycles. The van der Waals surface area contributed by atoms with Crippen molar-refractivity contribution in [1.82, 2.24) is 0 Å². The van der Waals surface area contributed by atoms with E-state index in [0.29, 0.717) is 0 Å². The van der Waals surface area contributed by atoms with Crippen LogP contribution >= 0.6 is 0 Å². The summed E-state index contributed by atoms with van der Waals surface area (Å²) in [6.07, 6.45) is 25.8. The number of hydrogen-bond donors (Lipinski definition) is 1.